The molecule has 1 aromatic rings. The highest BCUT2D eigenvalue weighted by Gasteiger charge is 2.30. The van der Waals surface area contributed by atoms with Crippen LogP contribution >= 0.6 is 11.6 Å². The molecule has 0 spiro atoms. The highest BCUT2D eigenvalue weighted by molar-refractivity contribution is 6.33. The lowest BCUT2D eigenvalue weighted by Gasteiger charge is -2.29. The molecule has 0 radical (unpaired) electrons. The number of ether oxygens (including phenoxy) is 2. The van der Waals surface area contributed by atoms with Gasteiger partial charge in [-0.3, -0.25) is 4.79 Å². The first kappa shape index (κ1) is 16.9. The number of benzene rings is 1. The van der Waals surface area contributed by atoms with Crippen LogP contribution in [0.1, 0.15) is 31.2 Å². The zero-order chi connectivity index (χ0) is 16.1. The summed E-state index contributed by atoms with van der Waals surface area (Å²) in [7, 11) is 3.11. The second-order valence-electron chi connectivity index (χ2n) is 5.49. The van der Waals surface area contributed by atoms with Gasteiger partial charge in [-0.05, 0) is 24.5 Å². The smallest absolute Gasteiger partial charge is 0.308 e. The Morgan fingerprint density at radius 1 is 1.32 bits per heavy atom. The van der Waals surface area contributed by atoms with Crippen LogP contribution < -0.4 is 14.8 Å². The van der Waals surface area contributed by atoms with E-state index in [4.69, 9.17) is 21.1 Å². The fraction of sp³-hybridized carbons (Fsp3) is 0.562. The molecule has 22 heavy (non-hydrogen) atoms. The number of hydrogen-bond donors (Lipinski definition) is 2. The maximum absolute atomic E-state index is 11.3. The molecule has 1 aromatic carbocycles. The molecule has 6 heteroatoms. The zero-order valence-corrected chi connectivity index (χ0v) is 13.7. The Bertz CT molecular complexity index is 535. The van der Waals surface area contributed by atoms with Crippen LogP contribution in [0.15, 0.2) is 12.1 Å². The molecular formula is C16H22ClNO4. The number of methoxy groups -OCH3 is 2. The van der Waals surface area contributed by atoms with E-state index in [1.54, 1.807) is 20.3 Å². The first-order valence-electron chi connectivity index (χ1n) is 7.44. The van der Waals surface area contributed by atoms with Gasteiger partial charge in [0.05, 0.1) is 25.2 Å². The predicted octanol–water partition coefficient (Wildman–Crippen LogP) is 3.09. The van der Waals surface area contributed by atoms with Crippen LogP contribution in [-0.2, 0) is 11.3 Å². The van der Waals surface area contributed by atoms with E-state index >= 15 is 0 Å². The number of carbonyl (C=O) groups is 1. The third-order valence-electron chi connectivity index (χ3n) is 4.20. The Hall–Kier alpha value is -1.46. The molecule has 122 valence electrons. The molecule has 0 amide bonds. The van der Waals surface area contributed by atoms with E-state index in [0.29, 0.717) is 23.1 Å². The van der Waals surface area contributed by atoms with E-state index < -0.39 is 5.97 Å². The maximum Gasteiger partial charge on any atom is 0.308 e. The van der Waals surface area contributed by atoms with Crippen molar-refractivity contribution in [3.63, 3.8) is 0 Å². The molecule has 1 saturated carbocycles. The van der Waals surface area contributed by atoms with Gasteiger partial charge in [0.1, 0.15) is 0 Å². The average Bonchev–Trinajstić information content (AvgIpc) is 2.53. The molecule has 0 aliphatic heterocycles. The van der Waals surface area contributed by atoms with Crippen molar-refractivity contribution >= 4 is 17.6 Å². The van der Waals surface area contributed by atoms with Crippen molar-refractivity contribution < 1.29 is 19.4 Å². The second kappa shape index (κ2) is 7.70. The number of hydrogen-bond acceptors (Lipinski definition) is 4. The van der Waals surface area contributed by atoms with Gasteiger partial charge < -0.3 is 19.9 Å². The van der Waals surface area contributed by atoms with Crippen LogP contribution in [-0.4, -0.2) is 31.3 Å². The van der Waals surface area contributed by atoms with Gasteiger partial charge in [0.15, 0.2) is 11.5 Å². The fourth-order valence-electron chi connectivity index (χ4n) is 2.98. The molecule has 1 aliphatic rings. The second-order valence-corrected chi connectivity index (χ2v) is 5.87. The molecule has 5 nitrogen and oxygen atoms in total. The summed E-state index contributed by atoms with van der Waals surface area (Å²) in [6.07, 6.45) is 3.64. The number of halogens is 1. The van der Waals surface area contributed by atoms with Crippen LogP contribution in [0.3, 0.4) is 0 Å². The van der Waals surface area contributed by atoms with Gasteiger partial charge in [-0.25, -0.2) is 0 Å². The Kier molecular flexibility index (Phi) is 5.91. The minimum Gasteiger partial charge on any atom is -0.493 e. The largest absolute Gasteiger partial charge is 0.493 e. The number of rotatable bonds is 6. The molecule has 2 rings (SSSR count). The summed E-state index contributed by atoms with van der Waals surface area (Å²) in [5, 5.41) is 13.1. The minimum absolute atomic E-state index is 0.0181. The monoisotopic (exact) mass is 327 g/mol. The van der Waals surface area contributed by atoms with Gasteiger partial charge in [0.25, 0.3) is 0 Å². The van der Waals surface area contributed by atoms with Crippen molar-refractivity contribution in [1.29, 1.82) is 0 Å². The van der Waals surface area contributed by atoms with Crippen LogP contribution in [0.25, 0.3) is 0 Å². The third-order valence-corrected chi connectivity index (χ3v) is 4.62. The summed E-state index contributed by atoms with van der Waals surface area (Å²) >= 11 is 6.35. The predicted molar refractivity (Wildman–Crippen MR) is 84.8 cm³/mol. The van der Waals surface area contributed by atoms with Gasteiger partial charge in [-0.1, -0.05) is 30.5 Å². The molecule has 0 aromatic heterocycles. The number of carboxylic acid groups (broad SMARTS) is 1. The van der Waals surface area contributed by atoms with Gasteiger partial charge >= 0.3 is 5.97 Å². The molecule has 1 fully saturated rings. The van der Waals surface area contributed by atoms with Crippen molar-refractivity contribution in [3.8, 4) is 11.5 Å². The molecular weight excluding hydrogens is 306 g/mol. The standard InChI is InChI=1S/C16H22ClNO4/c1-21-13-8-7-10(14(17)15(13)22-2)9-18-12-6-4-3-5-11(12)16(19)20/h7-8,11-12,18H,3-6,9H2,1-2H3,(H,19,20)/t11-,12+/m0/s1. The normalized spacial score (nSPS) is 21.4. The Morgan fingerprint density at radius 2 is 2.05 bits per heavy atom. The summed E-state index contributed by atoms with van der Waals surface area (Å²) < 4.78 is 10.5. The van der Waals surface area contributed by atoms with Crippen molar-refractivity contribution in [3.05, 3.63) is 22.7 Å². The molecule has 0 saturated heterocycles. The first-order valence-corrected chi connectivity index (χ1v) is 7.81. The van der Waals surface area contributed by atoms with Crippen LogP contribution in [0.2, 0.25) is 5.02 Å². The maximum atomic E-state index is 11.3. The van der Waals surface area contributed by atoms with Crippen molar-refractivity contribution in [1.82, 2.24) is 5.32 Å². The summed E-state index contributed by atoms with van der Waals surface area (Å²) in [4.78, 5) is 11.3. The van der Waals surface area contributed by atoms with Crippen LogP contribution in [0, 0.1) is 5.92 Å². The Balaban J connectivity index is 2.09. The lowest BCUT2D eigenvalue weighted by molar-refractivity contribution is -0.143. The minimum atomic E-state index is -0.726. The molecule has 0 unspecified atom stereocenters. The van der Waals surface area contributed by atoms with Crippen LogP contribution in [0.4, 0.5) is 0 Å². The van der Waals surface area contributed by atoms with E-state index in [0.717, 1.165) is 31.2 Å². The van der Waals surface area contributed by atoms with E-state index in [-0.39, 0.29) is 12.0 Å². The van der Waals surface area contributed by atoms with Crippen molar-refractivity contribution in [2.45, 2.75) is 38.3 Å². The van der Waals surface area contributed by atoms with E-state index in [9.17, 15) is 9.90 Å². The highest BCUT2D eigenvalue weighted by Crippen LogP contribution is 2.37. The topological polar surface area (TPSA) is 67.8 Å². The summed E-state index contributed by atoms with van der Waals surface area (Å²) in [6, 6.07) is 3.66. The van der Waals surface area contributed by atoms with E-state index in [2.05, 4.69) is 5.32 Å². The molecule has 1 aliphatic carbocycles. The summed E-state index contributed by atoms with van der Waals surface area (Å²) in [5.41, 5.74) is 0.869. The molecule has 2 atom stereocenters. The van der Waals surface area contributed by atoms with Crippen molar-refractivity contribution in [2.75, 3.05) is 14.2 Å². The third kappa shape index (κ3) is 3.65. The van der Waals surface area contributed by atoms with Crippen molar-refractivity contribution in [2.24, 2.45) is 5.92 Å². The molecule has 0 heterocycles. The quantitative estimate of drug-likeness (QED) is 0.840. The van der Waals surface area contributed by atoms with Gasteiger partial charge in [0, 0.05) is 12.6 Å². The summed E-state index contributed by atoms with van der Waals surface area (Å²) in [5.74, 6) is 0.0301. The zero-order valence-electron chi connectivity index (χ0n) is 12.9. The van der Waals surface area contributed by atoms with E-state index in [1.807, 2.05) is 6.07 Å². The lowest BCUT2D eigenvalue weighted by Crippen LogP contribution is -2.41. The molecule has 2 N–H and O–H groups in total. The average molecular weight is 328 g/mol. The number of nitrogens with one attached hydrogen (secondary N) is 1. The Labute approximate surface area is 135 Å². The first-order chi connectivity index (χ1) is 10.6. The van der Waals surface area contributed by atoms with Gasteiger partial charge in [-0.15, -0.1) is 0 Å². The SMILES string of the molecule is COc1ccc(CN[C@@H]2CCCC[C@@H]2C(=O)O)c(Cl)c1OC. The lowest BCUT2D eigenvalue weighted by atomic mass is 9.84. The van der Waals surface area contributed by atoms with Gasteiger partial charge in [-0.2, -0.15) is 0 Å². The van der Waals surface area contributed by atoms with Gasteiger partial charge in [0.2, 0.25) is 0 Å². The molecule has 0 bridgehead atoms. The highest BCUT2D eigenvalue weighted by atomic mass is 35.5. The van der Waals surface area contributed by atoms with E-state index in [1.165, 1.54) is 0 Å². The van der Waals surface area contributed by atoms with Crippen LogP contribution in [0.5, 0.6) is 11.5 Å². The fourth-order valence-corrected chi connectivity index (χ4v) is 3.28. The summed E-state index contributed by atoms with van der Waals surface area (Å²) in [6.45, 7) is 0.508. The number of carboxylic acids is 1. The Morgan fingerprint density at radius 3 is 2.68 bits per heavy atom. The number of aliphatic carboxylic acids is 1.